The maximum atomic E-state index is 11.5. The first-order chi connectivity index (χ1) is 7.16. The molecular weight excluding hydrogens is 210 g/mol. The molecule has 0 spiro atoms. The van der Waals surface area contributed by atoms with Crippen molar-refractivity contribution in [2.45, 2.75) is 26.8 Å². The Morgan fingerprint density at radius 1 is 1.60 bits per heavy atom. The highest BCUT2D eigenvalue weighted by Crippen LogP contribution is 2.25. The number of carbonyl (C=O) groups is 1. The molecule has 1 aliphatic rings. The molecule has 1 aromatic heterocycles. The molecule has 2 rings (SSSR count). The molecule has 1 aromatic rings. The SMILES string of the molecule is CC(C)C(=O)Nc1nc2c(s1)CNCC2. The molecule has 0 aromatic carbocycles. The molecule has 1 amide bonds. The summed E-state index contributed by atoms with van der Waals surface area (Å²) in [7, 11) is 0. The van der Waals surface area contributed by atoms with Crippen LogP contribution in [0.15, 0.2) is 0 Å². The van der Waals surface area contributed by atoms with Gasteiger partial charge in [-0.25, -0.2) is 4.98 Å². The first-order valence-corrected chi connectivity index (χ1v) is 5.98. The fourth-order valence-corrected chi connectivity index (χ4v) is 2.41. The highest BCUT2D eigenvalue weighted by Gasteiger charge is 2.16. The minimum absolute atomic E-state index is 0.00375. The number of anilines is 1. The Bertz CT molecular complexity index is 349. The van der Waals surface area contributed by atoms with E-state index >= 15 is 0 Å². The summed E-state index contributed by atoms with van der Waals surface area (Å²) in [6.45, 7) is 5.62. The van der Waals surface area contributed by atoms with E-state index in [0.29, 0.717) is 0 Å². The second kappa shape index (κ2) is 4.28. The van der Waals surface area contributed by atoms with Gasteiger partial charge in [-0.1, -0.05) is 13.8 Å². The molecular formula is C10H15N3OS. The summed E-state index contributed by atoms with van der Waals surface area (Å²) in [5.41, 5.74) is 1.14. The predicted octanol–water partition coefficient (Wildman–Crippen LogP) is 1.38. The molecule has 15 heavy (non-hydrogen) atoms. The summed E-state index contributed by atoms with van der Waals surface area (Å²) in [4.78, 5) is 17.1. The number of aromatic nitrogens is 1. The summed E-state index contributed by atoms with van der Waals surface area (Å²) < 4.78 is 0. The zero-order chi connectivity index (χ0) is 10.8. The first kappa shape index (κ1) is 10.6. The van der Waals surface area contributed by atoms with E-state index in [0.717, 1.165) is 30.3 Å². The van der Waals surface area contributed by atoms with Crippen LogP contribution in [-0.2, 0) is 17.8 Å². The van der Waals surface area contributed by atoms with E-state index in [1.54, 1.807) is 11.3 Å². The number of amides is 1. The van der Waals surface area contributed by atoms with Gasteiger partial charge in [0, 0.05) is 30.3 Å². The molecule has 0 saturated carbocycles. The van der Waals surface area contributed by atoms with Gasteiger partial charge in [0.15, 0.2) is 5.13 Å². The first-order valence-electron chi connectivity index (χ1n) is 5.17. The second-order valence-electron chi connectivity index (χ2n) is 3.96. The highest BCUT2D eigenvalue weighted by atomic mass is 32.1. The Kier molecular flexibility index (Phi) is 3.02. The Balaban J connectivity index is 2.09. The van der Waals surface area contributed by atoms with Gasteiger partial charge in [0.05, 0.1) is 5.69 Å². The number of fused-ring (bicyclic) bond motifs is 1. The third-order valence-corrected chi connectivity index (χ3v) is 3.37. The molecule has 0 bridgehead atoms. The van der Waals surface area contributed by atoms with Gasteiger partial charge in [-0.2, -0.15) is 0 Å². The van der Waals surface area contributed by atoms with Gasteiger partial charge < -0.3 is 10.6 Å². The van der Waals surface area contributed by atoms with Crippen molar-refractivity contribution in [3.05, 3.63) is 10.6 Å². The molecule has 82 valence electrons. The van der Waals surface area contributed by atoms with Crippen molar-refractivity contribution < 1.29 is 4.79 Å². The van der Waals surface area contributed by atoms with Gasteiger partial charge >= 0.3 is 0 Å². The fraction of sp³-hybridized carbons (Fsp3) is 0.600. The molecule has 0 atom stereocenters. The third kappa shape index (κ3) is 2.35. The Hall–Kier alpha value is -0.940. The average Bonchev–Trinajstić information content (AvgIpc) is 2.59. The maximum absolute atomic E-state index is 11.5. The van der Waals surface area contributed by atoms with Crippen LogP contribution in [0, 0.1) is 5.92 Å². The number of hydrogen-bond donors (Lipinski definition) is 2. The smallest absolute Gasteiger partial charge is 0.228 e. The van der Waals surface area contributed by atoms with Crippen molar-refractivity contribution in [3.63, 3.8) is 0 Å². The van der Waals surface area contributed by atoms with Crippen LogP contribution < -0.4 is 10.6 Å². The van der Waals surface area contributed by atoms with Crippen LogP contribution in [0.4, 0.5) is 5.13 Å². The number of carbonyl (C=O) groups excluding carboxylic acids is 1. The van der Waals surface area contributed by atoms with Crippen LogP contribution in [0.25, 0.3) is 0 Å². The van der Waals surface area contributed by atoms with Crippen molar-refractivity contribution in [3.8, 4) is 0 Å². The minimum atomic E-state index is 0.00375. The average molecular weight is 225 g/mol. The fourth-order valence-electron chi connectivity index (χ4n) is 1.43. The van der Waals surface area contributed by atoms with Crippen molar-refractivity contribution in [2.75, 3.05) is 11.9 Å². The topological polar surface area (TPSA) is 54.0 Å². The summed E-state index contributed by atoms with van der Waals surface area (Å²) in [6, 6.07) is 0. The van der Waals surface area contributed by atoms with Crippen molar-refractivity contribution in [1.29, 1.82) is 0 Å². The molecule has 0 aliphatic carbocycles. The van der Waals surface area contributed by atoms with Gasteiger partial charge in [-0.05, 0) is 0 Å². The summed E-state index contributed by atoms with van der Waals surface area (Å²) in [5.74, 6) is 0.0399. The molecule has 0 fully saturated rings. The van der Waals surface area contributed by atoms with E-state index < -0.39 is 0 Å². The molecule has 0 radical (unpaired) electrons. The van der Waals surface area contributed by atoms with Crippen LogP contribution in [0.5, 0.6) is 0 Å². The second-order valence-corrected chi connectivity index (χ2v) is 5.04. The lowest BCUT2D eigenvalue weighted by atomic mass is 10.2. The number of hydrogen-bond acceptors (Lipinski definition) is 4. The zero-order valence-electron chi connectivity index (χ0n) is 8.96. The zero-order valence-corrected chi connectivity index (χ0v) is 9.78. The Morgan fingerprint density at radius 2 is 2.40 bits per heavy atom. The molecule has 5 heteroatoms. The summed E-state index contributed by atoms with van der Waals surface area (Å²) in [5, 5.41) is 6.87. The van der Waals surface area contributed by atoms with Gasteiger partial charge in [0.25, 0.3) is 0 Å². The van der Waals surface area contributed by atoms with E-state index in [-0.39, 0.29) is 11.8 Å². The largest absolute Gasteiger partial charge is 0.311 e. The maximum Gasteiger partial charge on any atom is 0.228 e. The monoisotopic (exact) mass is 225 g/mol. The molecule has 0 unspecified atom stereocenters. The lowest BCUT2D eigenvalue weighted by Crippen LogP contribution is -2.22. The molecule has 2 heterocycles. The third-order valence-electron chi connectivity index (χ3n) is 2.36. The van der Waals surface area contributed by atoms with Gasteiger partial charge in [-0.3, -0.25) is 4.79 Å². The van der Waals surface area contributed by atoms with Crippen molar-refractivity contribution in [1.82, 2.24) is 10.3 Å². The lowest BCUT2D eigenvalue weighted by Gasteiger charge is -2.09. The molecule has 1 aliphatic heterocycles. The van der Waals surface area contributed by atoms with Crippen molar-refractivity contribution >= 4 is 22.4 Å². The minimum Gasteiger partial charge on any atom is -0.311 e. The number of nitrogens with zero attached hydrogens (tertiary/aromatic N) is 1. The van der Waals surface area contributed by atoms with Gasteiger partial charge in [0.2, 0.25) is 5.91 Å². The number of thiazole rings is 1. The van der Waals surface area contributed by atoms with E-state index in [1.807, 2.05) is 13.8 Å². The van der Waals surface area contributed by atoms with Crippen LogP contribution in [0.3, 0.4) is 0 Å². The van der Waals surface area contributed by atoms with E-state index in [1.165, 1.54) is 4.88 Å². The quantitative estimate of drug-likeness (QED) is 0.799. The Labute approximate surface area is 93.1 Å². The Morgan fingerprint density at radius 3 is 3.07 bits per heavy atom. The normalized spacial score (nSPS) is 15.1. The molecule has 4 nitrogen and oxygen atoms in total. The van der Waals surface area contributed by atoms with E-state index in [9.17, 15) is 4.79 Å². The number of rotatable bonds is 2. The number of nitrogens with one attached hydrogen (secondary N) is 2. The molecule has 0 saturated heterocycles. The highest BCUT2D eigenvalue weighted by molar-refractivity contribution is 7.15. The summed E-state index contributed by atoms with van der Waals surface area (Å²) >= 11 is 1.58. The van der Waals surface area contributed by atoms with Gasteiger partial charge in [-0.15, -0.1) is 11.3 Å². The summed E-state index contributed by atoms with van der Waals surface area (Å²) in [6.07, 6.45) is 0.962. The predicted molar refractivity (Wildman–Crippen MR) is 61.0 cm³/mol. The van der Waals surface area contributed by atoms with Crippen LogP contribution >= 0.6 is 11.3 Å². The van der Waals surface area contributed by atoms with Crippen LogP contribution in [0.2, 0.25) is 0 Å². The van der Waals surface area contributed by atoms with Crippen molar-refractivity contribution in [2.24, 2.45) is 5.92 Å². The lowest BCUT2D eigenvalue weighted by molar-refractivity contribution is -0.118. The van der Waals surface area contributed by atoms with Crippen LogP contribution in [0.1, 0.15) is 24.4 Å². The van der Waals surface area contributed by atoms with Crippen LogP contribution in [-0.4, -0.2) is 17.4 Å². The van der Waals surface area contributed by atoms with E-state index in [4.69, 9.17) is 0 Å². The molecule has 2 N–H and O–H groups in total. The standard InChI is InChI=1S/C10H15N3OS/c1-6(2)9(14)13-10-12-7-3-4-11-5-8(7)15-10/h6,11H,3-5H2,1-2H3,(H,12,13,14). The van der Waals surface area contributed by atoms with E-state index in [2.05, 4.69) is 15.6 Å². The van der Waals surface area contributed by atoms with Gasteiger partial charge in [0.1, 0.15) is 0 Å².